The van der Waals surface area contributed by atoms with E-state index in [9.17, 15) is 4.79 Å². The van der Waals surface area contributed by atoms with E-state index in [0.717, 1.165) is 34.8 Å². The van der Waals surface area contributed by atoms with E-state index in [4.69, 9.17) is 11.6 Å². The van der Waals surface area contributed by atoms with Gasteiger partial charge in [-0.05, 0) is 30.5 Å². The first-order chi connectivity index (χ1) is 10.1. The monoisotopic (exact) mass is 304 g/mol. The summed E-state index contributed by atoms with van der Waals surface area (Å²) in [5.74, 6) is 0.206. The third kappa shape index (κ3) is 3.24. The van der Waals surface area contributed by atoms with Crippen LogP contribution >= 0.6 is 11.6 Å². The smallest absolute Gasteiger partial charge is 0.222 e. The van der Waals surface area contributed by atoms with Crippen molar-refractivity contribution in [3.8, 4) is 0 Å². The van der Waals surface area contributed by atoms with Crippen LogP contribution < -0.4 is 0 Å². The van der Waals surface area contributed by atoms with Gasteiger partial charge in [0.15, 0.2) is 0 Å². The van der Waals surface area contributed by atoms with Gasteiger partial charge in [-0.3, -0.25) is 4.79 Å². The van der Waals surface area contributed by atoms with Crippen molar-refractivity contribution in [2.24, 2.45) is 0 Å². The summed E-state index contributed by atoms with van der Waals surface area (Å²) in [4.78, 5) is 13.4. The maximum atomic E-state index is 11.6. The van der Waals surface area contributed by atoms with Gasteiger partial charge in [0.25, 0.3) is 0 Å². The molecule has 0 unspecified atom stereocenters. The maximum Gasteiger partial charge on any atom is 0.222 e. The van der Waals surface area contributed by atoms with E-state index in [-0.39, 0.29) is 5.91 Å². The third-order valence-corrected chi connectivity index (χ3v) is 4.10. The average molecular weight is 305 g/mol. The highest BCUT2D eigenvalue weighted by Crippen LogP contribution is 2.17. The van der Waals surface area contributed by atoms with Crippen molar-refractivity contribution < 1.29 is 4.79 Å². The van der Waals surface area contributed by atoms with Gasteiger partial charge < -0.3 is 4.90 Å². The standard InChI is InChI=1S/C15H17ClN4O/c1-11-7-12(4-5-14(11)16)8-20-10-13(17-18-20)9-19-6-2-3-15(19)21/h4-5,7,10H,2-3,6,8-9H2,1H3. The molecule has 2 aromatic rings. The molecule has 2 heterocycles. The SMILES string of the molecule is Cc1cc(Cn2cc(CN3CCCC3=O)nn2)ccc1Cl. The molecular formula is C15H17ClN4O. The molecule has 6 heteroatoms. The molecule has 110 valence electrons. The van der Waals surface area contributed by atoms with Crippen molar-refractivity contribution in [1.82, 2.24) is 19.9 Å². The van der Waals surface area contributed by atoms with E-state index in [1.165, 1.54) is 0 Å². The number of hydrogen-bond acceptors (Lipinski definition) is 3. The molecule has 1 aliphatic heterocycles. The molecule has 21 heavy (non-hydrogen) atoms. The second kappa shape index (κ2) is 5.85. The molecule has 0 radical (unpaired) electrons. The molecule has 1 aliphatic rings. The topological polar surface area (TPSA) is 51.0 Å². The number of aryl methyl sites for hydroxylation is 1. The van der Waals surface area contributed by atoms with Crippen LogP contribution in [0.3, 0.4) is 0 Å². The molecule has 1 aromatic heterocycles. The minimum absolute atomic E-state index is 0.206. The van der Waals surface area contributed by atoms with Crippen LogP contribution in [0.1, 0.15) is 29.7 Å². The van der Waals surface area contributed by atoms with Crippen LogP contribution in [0.15, 0.2) is 24.4 Å². The summed E-state index contributed by atoms with van der Waals surface area (Å²) in [5, 5.41) is 9.04. The van der Waals surface area contributed by atoms with E-state index < -0.39 is 0 Å². The number of hydrogen-bond donors (Lipinski definition) is 0. The van der Waals surface area contributed by atoms with Crippen LogP contribution in [0.25, 0.3) is 0 Å². The van der Waals surface area contributed by atoms with Gasteiger partial charge in [0, 0.05) is 18.0 Å². The van der Waals surface area contributed by atoms with Gasteiger partial charge in [-0.2, -0.15) is 0 Å². The summed E-state index contributed by atoms with van der Waals surface area (Å²) in [6.07, 6.45) is 3.49. The molecule has 0 N–H and O–H groups in total. The van der Waals surface area contributed by atoms with E-state index in [0.29, 0.717) is 19.5 Å². The summed E-state index contributed by atoms with van der Waals surface area (Å²) >= 11 is 6.02. The predicted molar refractivity (Wildman–Crippen MR) is 80.0 cm³/mol. The number of carbonyl (C=O) groups is 1. The number of likely N-dealkylation sites (tertiary alicyclic amines) is 1. The van der Waals surface area contributed by atoms with E-state index in [1.807, 2.05) is 36.2 Å². The molecule has 0 saturated carbocycles. The average Bonchev–Trinajstić information content (AvgIpc) is 3.05. The summed E-state index contributed by atoms with van der Waals surface area (Å²) < 4.78 is 1.79. The number of aromatic nitrogens is 3. The highest BCUT2D eigenvalue weighted by Gasteiger charge is 2.21. The number of rotatable bonds is 4. The van der Waals surface area contributed by atoms with Crippen LogP contribution in [-0.2, 0) is 17.9 Å². The second-order valence-corrected chi connectivity index (χ2v) is 5.82. The second-order valence-electron chi connectivity index (χ2n) is 5.41. The van der Waals surface area contributed by atoms with E-state index >= 15 is 0 Å². The Morgan fingerprint density at radius 1 is 1.33 bits per heavy atom. The van der Waals surface area contributed by atoms with Crippen molar-refractivity contribution in [3.63, 3.8) is 0 Å². The Morgan fingerprint density at radius 2 is 2.19 bits per heavy atom. The maximum absolute atomic E-state index is 11.6. The van der Waals surface area contributed by atoms with Crippen LogP contribution in [0.4, 0.5) is 0 Å². The Kier molecular flexibility index (Phi) is 3.92. The van der Waals surface area contributed by atoms with E-state index in [2.05, 4.69) is 10.3 Å². The van der Waals surface area contributed by atoms with Crippen LogP contribution in [0.2, 0.25) is 5.02 Å². The Labute approximate surface area is 128 Å². The minimum atomic E-state index is 0.206. The molecular weight excluding hydrogens is 288 g/mol. The zero-order valence-corrected chi connectivity index (χ0v) is 12.7. The number of nitrogens with zero attached hydrogens (tertiary/aromatic N) is 4. The first-order valence-electron chi connectivity index (χ1n) is 7.03. The van der Waals surface area contributed by atoms with Crippen LogP contribution in [-0.4, -0.2) is 32.3 Å². The van der Waals surface area contributed by atoms with Crippen molar-refractivity contribution in [2.75, 3.05) is 6.54 Å². The predicted octanol–water partition coefficient (Wildman–Crippen LogP) is 2.41. The van der Waals surface area contributed by atoms with Gasteiger partial charge in [-0.15, -0.1) is 5.10 Å². The minimum Gasteiger partial charge on any atom is -0.337 e. The fourth-order valence-corrected chi connectivity index (χ4v) is 2.66. The van der Waals surface area contributed by atoms with Gasteiger partial charge in [-0.25, -0.2) is 4.68 Å². The molecule has 5 nitrogen and oxygen atoms in total. The molecule has 0 spiro atoms. The number of carbonyl (C=O) groups excluding carboxylic acids is 1. The van der Waals surface area contributed by atoms with Gasteiger partial charge in [0.2, 0.25) is 5.91 Å². The quantitative estimate of drug-likeness (QED) is 0.871. The largest absolute Gasteiger partial charge is 0.337 e. The Morgan fingerprint density at radius 3 is 2.90 bits per heavy atom. The van der Waals surface area contributed by atoms with Gasteiger partial charge in [0.1, 0.15) is 5.69 Å². The number of amides is 1. The number of benzene rings is 1. The third-order valence-electron chi connectivity index (χ3n) is 3.68. The molecule has 0 aliphatic carbocycles. The lowest BCUT2D eigenvalue weighted by Crippen LogP contribution is -2.23. The van der Waals surface area contributed by atoms with Gasteiger partial charge in [-0.1, -0.05) is 28.9 Å². The van der Waals surface area contributed by atoms with Crippen molar-refractivity contribution in [3.05, 3.63) is 46.2 Å². The zero-order valence-electron chi connectivity index (χ0n) is 11.9. The fourth-order valence-electron chi connectivity index (χ4n) is 2.55. The fraction of sp³-hybridized carbons (Fsp3) is 0.400. The summed E-state index contributed by atoms with van der Waals surface area (Å²) in [6.45, 7) is 4.01. The highest BCUT2D eigenvalue weighted by atomic mass is 35.5. The summed E-state index contributed by atoms with van der Waals surface area (Å²) in [6, 6.07) is 5.93. The normalized spacial score (nSPS) is 15.0. The molecule has 0 bridgehead atoms. The summed E-state index contributed by atoms with van der Waals surface area (Å²) in [5.41, 5.74) is 3.01. The Bertz CT molecular complexity index is 667. The van der Waals surface area contributed by atoms with Crippen LogP contribution in [0.5, 0.6) is 0 Å². The molecule has 1 saturated heterocycles. The first-order valence-corrected chi connectivity index (χ1v) is 7.41. The molecule has 1 amide bonds. The molecule has 3 rings (SSSR count). The lowest BCUT2D eigenvalue weighted by atomic mass is 10.1. The zero-order chi connectivity index (χ0) is 14.8. The first kappa shape index (κ1) is 14.1. The molecule has 1 aromatic carbocycles. The lowest BCUT2D eigenvalue weighted by molar-refractivity contribution is -0.128. The van der Waals surface area contributed by atoms with Gasteiger partial charge in [0.05, 0.1) is 19.3 Å². The van der Waals surface area contributed by atoms with Crippen LogP contribution in [0, 0.1) is 6.92 Å². The highest BCUT2D eigenvalue weighted by molar-refractivity contribution is 6.31. The van der Waals surface area contributed by atoms with Crippen molar-refractivity contribution in [1.29, 1.82) is 0 Å². The van der Waals surface area contributed by atoms with Crippen molar-refractivity contribution >= 4 is 17.5 Å². The van der Waals surface area contributed by atoms with E-state index in [1.54, 1.807) is 4.68 Å². The molecule has 0 atom stereocenters. The summed E-state index contributed by atoms with van der Waals surface area (Å²) in [7, 11) is 0. The molecule has 1 fully saturated rings. The Balaban J connectivity index is 1.67. The lowest BCUT2D eigenvalue weighted by Gasteiger charge is -2.12. The van der Waals surface area contributed by atoms with Gasteiger partial charge >= 0.3 is 0 Å². The van der Waals surface area contributed by atoms with Crippen molar-refractivity contribution in [2.45, 2.75) is 32.9 Å². The number of halogens is 1. The Hall–Kier alpha value is -1.88.